The zero-order valence-corrected chi connectivity index (χ0v) is 22.9. The van der Waals surface area contributed by atoms with Crippen molar-refractivity contribution in [2.45, 2.75) is 102 Å². The van der Waals surface area contributed by atoms with Crippen molar-refractivity contribution >= 4 is 12.3 Å². The predicted octanol–water partition coefficient (Wildman–Crippen LogP) is 5.97. The first-order valence-corrected chi connectivity index (χ1v) is 14.0. The number of carbonyl (C=O) groups is 1. The van der Waals surface area contributed by atoms with E-state index in [9.17, 15) is 4.79 Å². The summed E-state index contributed by atoms with van der Waals surface area (Å²) in [5, 5.41) is 0. The van der Waals surface area contributed by atoms with E-state index in [4.69, 9.17) is 9.73 Å². The van der Waals surface area contributed by atoms with E-state index in [0.29, 0.717) is 12.0 Å². The summed E-state index contributed by atoms with van der Waals surface area (Å²) >= 11 is 0. The molecule has 0 radical (unpaired) electrons. The van der Waals surface area contributed by atoms with Gasteiger partial charge in [0.15, 0.2) is 5.54 Å². The summed E-state index contributed by atoms with van der Waals surface area (Å²) in [6.45, 7) is 5.35. The van der Waals surface area contributed by atoms with Crippen molar-refractivity contribution < 1.29 is 9.53 Å². The number of rotatable bonds is 13. The van der Waals surface area contributed by atoms with Gasteiger partial charge < -0.3 is 14.5 Å². The number of esters is 1. The van der Waals surface area contributed by atoms with Crippen molar-refractivity contribution in [3.63, 3.8) is 0 Å². The number of benzene rings is 1. The Hall–Kier alpha value is -1.88. The zero-order valence-electron chi connectivity index (χ0n) is 22.9. The van der Waals surface area contributed by atoms with Gasteiger partial charge in [-0.25, -0.2) is 4.79 Å². The largest absolute Gasteiger partial charge is 0.467 e. The van der Waals surface area contributed by atoms with Crippen LogP contribution in [0.25, 0.3) is 0 Å². The molecule has 196 valence electrons. The number of hydrogen-bond acceptors (Lipinski definition) is 5. The normalized spacial score (nSPS) is 27.4. The lowest BCUT2D eigenvalue weighted by Gasteiger charge is -2.41. The Bertz CT molecular complexity index is 788. The van der Waals surface area contributed by atoms with Gasteiger partial charge in [-0.3, -0.25) is 4.99 Å². The standard InChI is InChI=1S/C30H49N3O2/c1-6-8-21-33-23-31-30(20-7-2,29(34)35-5)28(33)22-25-14-17-26(18-15-25)27(32(3)4)19-16-24-12-10-9-11-13-24/h9-13,23,25-28H,6-8,14-22H2,1-5H3. The summed E-state index contributed by atoms with van der Waals surface area (Å²) in [6.07, 6.45) is 14.4. The van der Waals surface area contributed by atoms with Crippen LogP contribution in [0.5, 0.6) is 0 Å². The van der Waals surface area contributed by atoms with Gasteiger partial charge in [0.1, 0.15) is 0 Å². The van der Waals surface area contributed by atoms with Crippen LogP contribution in [0.1, 0.15) is 83.6 Å². The van der Waals surface area contributed by atoms with Gasteiger partial charge in [-0.05, 0) is 76.4 Å². The van der Waals surface area contributed by atoms with Crippen LogP contribution in [-0.4, -0.2) is 67.5 Å². The van der Waals surface area contributed by atoms with E-state index in [1.165, 1.54) is 44.8 Å². The van der Waals surface area contributed by atoms with Crippen LogP contribution in [0.3, 0.4) is 0 Å². The fourth-order valence-corrected chi connectivity index (χ4v) is 6.58. The molecule has 0 amide bonds. The van der Waals surface area contributed by atoms with Crippen LogP contribution < -0.4 is 0 Å². The molecule has 0 saturated heterocycles. The Morgan fingerprint density at radius 2 is 1.86 bits per heavy atom. The molecule has 1 heterocycles. The molecule has 0 aromatic heterocycles. The van der Waals surface area contributed by atoms with Gasteiger partial charge in [0.2, 0.25) is 0 Å². The summed E-state index contributed by atoms with van der Waals surface area (Å²) in [5.41, 5.74) is 0.715. The van der Waals surface area contributed by atoms with Crippen LogP contribution >= 0.6 is 0 Å². The Morgan fingerprint density at radius 3 is 2.46 bits per heavy atom. The van der Waals surface area contributed by atoms with Crippen molar-refractivity contribution in [3.05, 3.63) is 35.9 Å². The smallest absolute Gasteiger partial charge is 0.335 e. The molecule has 0 N–H and O–H groups in total. The maximum atomic E-state index is 13.0. The zero-order chi connectivity index (χ0) is 25.3. The van der Waals surface area contributed by atoms with E-state index < -0.39 is 5.54 Å². The first kappa shape index (κ1) is 27.7. The predicted molar refractivity (Wildman–Crippen MR) is 146 cm³/mol. The second-order valence-corrected chi connectivity index (χ2v) is 11.1. The van der Waals surface area contributed by atoms with E-state index in [2.05, 4.69) is 68.1 Å². The number of aryl methyl sites for hydroxylation is 1. The second kappa shape index (κ2) is 13.4. The third-order valence-electron chi connectivity index (χ3n) is 8.55. The minimum Gasteiger partial charge on any atom is -0.467 e. The molecule has 2 aliphatic rings. The number of nitrogens with zero attached hydrogens (tertiary/aromatic N) is 3. The molecular weight excluding hydrogens is 434 g/mol. The molecule has 3 rings (SSSR count). The quantitative estimate of drug-likeness (QED) is 0.324. The molecule has 3 unspecified atom stereocenters. The highest BCUT2D eigenvalue weighted by molar-refractivity contribution is 5.86. The number of carbonyl (C=O) groups excluding carboxylic acids is 1. The van der Waals surface area contributed by atoms with Gasteiger partial charge in [-0.2, -0.15) is 0 Å². The minimum absolute atomic E-state index is 0.130. The third-order valence-corrected chi connectivity index (χ3v) is 8.55. The molecule has 5 heteroatoms. The maximum Gasteiger partial charge on any atom is 0.335 e. The van der Waals surface area contributed by atoms with Crippen LogP contribution in [-0.2, 0) is 16.0 Å². The number of unbranched alkanes of at least 4 members (excludes halogenated alkanes) is 1. The minimum atomic E-state index is -0.726. The van der Waals surface area contributed by atoms with Crippen molar-refractivity contribution in [2.75, 3.05) is 27.7 Å². The van der Waals surface area contributed by atoms with Crippen molar-refractivity contribution in [1.82, 2.24) is 9.80 Å². The van der Waals surface area contributed by atoms with E-state index in [0.717, 1.165) is 51.0 Å². The molecule has 1 aromatic rings. The number of aliphatic imine (C=N–C) groups is 1. The van der Waals surface area contributed by atoms with E-state index >= 15 is 0 Å². The Kier molecular flexibility index (Phi) is 10.6. The van der Waals surface area contributed by atoms with Crippen LogP contribution in [0, 0.1) is 11.8 Å². The van der Waals surface area contributed by atoms with Crippen LogP contribution in [0.4, 0.5) is 0 Å². The lowest BCUT2D eigenvalue weighted by molar-refractivity contribution is -0.149. The van der Waals surface area contributed by atoms with Crippen molar-refractivity contribution in [2.24, 2.45) is 16.8 Å². The maximum absolute atomic E-state index is 13.0. The summed E-state index contributed by atoms with van der Waals surface area (Å²) in [7, 11) is 6.01. The second-order valence-electron chi connectivity index (χ2n) is 11.1. The van der Waals surface area contributed by atoms with E-state index in [-0.39, 0.29) is 12.0 Å². The molecule has 1 fully saturated rings. The molecular formula is C30H49N3O2. The monoisotopic (exact) mass is 483 g/mol. The Labute approximate surface area is 214 Å². The Balaban J connectivity index is 1.63. The van der Waals surface area contributed by atoms with Gasteiger partial charge in [-0.1, -0.05) is 69.9 Å². The number of hydrogen-bond donors (Lipinski definition) is 0. The first-order chi connectivity index (χ1) is 16.9. The van der Waals surface area contributed by atoms with E-state index in [1.54, 1.807) is 0 Å². The van der Waals surface area contributed by atoms with Crippen molar-refractivity contribution in [1.29, 1.82) is 0 Å². The van der Waals surface area contributed by atoms with Gasteiger partial charge in [0, 0.05) is 12.6 Å². The van der Waals surface area contributed by atoms with Gasteiger partial charge in [0.05, 0.1) is 19.5 Å². The fraction of sp³-hybridized carbons (Fsp3) is 0.733. The van der Waals surface area contributed by atoms with Gasteiger partial charge in [0.25, 0.3) is 0 Å². The SMILES string of the molecule is CCCCN1C=NC(CCC)(C(=O)OC)C1CC1CCC(C(CCc2ccccc2)N(C)C)CC1. The highest BCUT2D eigenvalue weighted by Crippen LogP contribution is 2.41. The van der Waals surface area contributed by atoms with E-state index in [1.807, 2.05) is 6.34 Å². The first-order valence-electron chi connectivity index (χ1n) is 14.0. The average Bonchev–Trinajstić information content (AvgIpc) is 3.21. The topological polar surface area (TPSA) is 45.1 Å². The van der Waals surface area contributed by atoms with Crippen LogP contribution in [0.2, 0.25) is 0 Å². The summed E-state index contributed by atoms with van der Waals surface area (Å²) in [5.74, 6) is 1.25. The number of ether oxygens (including phenoxy) is 1. The molecule has 3 atom stereocenters. The lowest BCUT2D eigenvalue weighted by Crippen LogP contribution is -2.53. The average molecular weight is 484 g/mol. The number of methoxy groups -OCH3 is 1. The molecule has 1 saturated carbocycles. The molecule has 35 heavy (non-hydrogen) atoms. The highest BCUT2D eigenvalue weighted by atomic mass is 16.5. The Morgan fingerprint density at radius 1 is 1.14 bits per heavy atom. The summed E-state index contributed by atoms with van der Waals surface area (Å²) < 4.78 is 5.32. The summed E-state index contributed by atoms with van der Waals surface area (Å²) in [6, 6.07) is 11.7. The lowest BCUT2D eigenvalue weighted by atomic mass is 9.72. The molecule has 0 bridgehead atoms. The molecule has 1 aliphatic heterocycles. The van der Waals surface area contributed by atoms with Crippen LogP contribution in [0.15, 0.2) is 35.3 Å². The van der Waals surface area contributed by atoms with Crippen molar-refractivity contribution in [3.8, 4) is 0 Å². The molecule has 1 aliphatic carbocycles. The third kappa shape index (κ3) is 6.87. The summed E-state index contributed by atoms with van der Waals surface area (Å²) in [4.78, 5) is 22.7. The molecule has 0 spiro atoms. The fourth-order valence-electron chi connectivity index (χ4n) is 6.58. The van der Waals surface area contributed by atoms with Gasteiger partial charge >= 0.3 is 5.97 Å². The molecule has 1 aromatic carbocycles. The van der Waals surface area contributed by atoms with Gasteiger partial charge in [-0.15, -0.1) is 0 Å². The molecule has 5 nitrogen and oxygen atoms in total. The highest BCUT2D eigenvalue weighted by Gasteiger charge is 2.52.